The number of carbonyl (C=O) groups excluding carboxylic acids is 1. The molecule has 2 heterocycles. The van der Waals surface area contributed by atoms with Gasteiger partial charge < -0.3 is 9.40 Å². The van der Waals surface area contributed by atoms with Crippen LogP contribution in [-0.4, -0.2) is 31.9 Å². The average molecular weight is 519 g/mol. The van der Waals surface area contributed by atoms with Gasteiger partial charge in [0.25, 0.3) is 5.69 Å². The first-order valence-corrected chi connectivity index (χ1v) is 13.1. The average Bonchev–Trinajstić information content (AvgIpc) is 3.42. The molecule has 5 aromatic rings. The summed E-state index contributed by atoms with van der Waals surface area (Å²) in [5, 5.41) is 17.4. The Morgan fingerprint density at radius 3 is 2.69 bits per heavy atom. The first kappa shape index (κ1) is 24.0. The molecule has 36 heavy (non-hydrogen) atoms. The van der Waals surface area contributed by atoms with Crippen molar-refractivity contribution in [3.05, 3.63) is 75.8 Å². The maximum Gasteiger partial charge on any atom is 0.331 e. The zero-order valence-electron chi connectivity index (χ0n) is 19.8. The van der Waals surface area contributed by atoms with Gasteiger partial charge in [0.2, 0.25) is 0 Å². The van der Waals surface area contributed by atoms with E-state index >= 15 is 0 Å². The van der Waals surface area contributed by atoms with Gasteiger partial charge in [0.1, 0.15) is 0 Å². The Morgan fingerprint density at radius 1 is 1.19 bits per heavy atom. The van der Waals surface area contributed by atoms with Crippen LogP contribution in [0, 0.1) is 17.0 Å². The van der Waals surface area contributed by atoms with Crippen LogP contribution in [0.4, 0.5) is 5.69 Å². The molecule has 0 radical (unpaired) electrons. The van der Waals surface area contributed by atoms with E-state index in [1.807, 2.05) is 50.2 Å². The van der Waals surface area contributed by atoms with Crippen LogP contribution in [0.3, 0.4) is 0 Å². The summed E-state index contributed by atoms with van der Waals surface area (Å²) in [6.45, 7) is 6.05. The maximum absolute atomic E-state index is 11.6. The van der Waals surface area contributed by atoms with Gasteiger partial charge in [-0.3, -0.25) is 10.1 Å². The Balaban J connectivity index is 1.61. The van der Waals surface area contributed by atoms with Gasteiger partial charge in [-0.1, -0.05) is 35.1 Å². The van der Waals surface area contributed by atoms with Crippen molar-refractivity contribution in [3.63, 3.8) is 0 Å². The lowest BCUT2D eigenvalue weighted by Crippen LogP contribution is -2.09. The molecule has 0 saturated carbocycles. The number of nitro groups is 1. The Bertz CT molecular complexity index is 1650. The normalized spacial score (nSPS) is 12.0. The standard InChI is InChI=1S/C26H22N4O4S2/c1-4-29-22-11-9-17(30(32)33)13-19(22)25-15(2)18(10-12-23(25)29)21(28-34-16(3)31)14-35-26-27-20-7-5-6-8-24(20)36-26/h5-13H,4,14H2,1-3H3/b28-21+. The molecule has 0 amide bonds. The highest BCUT2D eigenvalue weighted by atomic mass is 32.2. The third-order valence-corrected chi connectivity index (χ3v) is 8.19. The third-order valence-electron chi connectivity index (χ3n) is 6.00. The Hall–Kier alpha value is -3.76. The van der Waals surface area contributed by atoms with Crippen molar-refractivity contribution < 1.29 is 14.6 Å². The van der Waals surface area contributed by atoms with Gasteiger partial charge in [-0.05, 0) is 43.7 Å². The van der Waals surface area contributed by atoms with Gasteiger partial charge in [0, 0.05) is 58.7 Å². The topological polar surface area (TPSA) is 99.6 Å². The number of carbonyl (C=O) groups is 1. The Labute approximate surface area is 214 Å². The van der Waals surface area contributed by atoms with Crippen molar-refractivity contribution in [2.24, 2.45) is 5.16 Å². The molecule has 0 aliphatic carbocycles. The van der Waals surface area contributed by atoms with Crippen molar-refractivity contribution in [3.8, 4) is 0 Å². The van der Waals surface area contributed by atoms with Crippen LogP contribution in [0.2, 0.25) is 0 Å². The fourth-order valence-electron chi connectivity index (χ4n) is 4.43. The molecule has 5 rings (SSSR count). The minimum Gasteiger partial charge on any atom is -0.341 e. The van der Waals surface area contributed by atoms with Crippen LogP contribution in [0.5, 0.6) is 0 Å². The van der Waals surface area contributed by atoms with Gasteiger partial charge >= 0.3 is 5.97 Å². The van der Waals surface area contributed by atoms with Gasteiger partial charge in [-0.15, -0.1) is 11.3 Å². The van der Waals surface area contributed by atoms with E-state index in [4.69, 9.17) is 4.84 Å². The van der Waals surface area contributed by atoms with E-state index in [2.05, 4.69) is 14.7 Å². The number of aryl methyl sites for hydroxylation is 2. The van der Waals surface area contributed by atoms with E-state index < -0.39 is 5.97 Å². The van der Waals surface area contributed by atoms with E-state index in [0.29, 0.717) is 11.5 Å². The molecule has 0 atom stereocenters. The molecular weight excluding hydrogens is 496 g/mol. The molecule has 0 aliphatic heterocycles. The smallest absolute Gasteiger partial charge is 0.331 e. The molecular formula is C26H22N4O4S2. The first-order chi connectivity index (χ1) is 17.4. The van der Waals surface area contributed by atoms with Crippen LogP contribution in [0.1, 0.15) is 25.0 Å². The molecule has 0 N–H and O–H groups in total. The highest BCUT2D eigenvalue weighted by Gasteiger charge is 2.20. The lowest BCUT2D eigenvalue weighted by molar-refractivity contribution is -0.384. The van der Waals surface area contributed by atoms with Crippen molar-refractivity contribution in [2.45, 2.75) is 31.7 Å². The van der Waals surface area contributed by atoms with Gasteiger partial charge in [0.15, 0.2) is 4.34 Å². The number of hydrogen-bond acceptors (Lipinski definition) is 8. The number of hydrogen-bond donors (Lipinski definition) is 0. The largest absolute Gasteiger partial charge is 0.341 e. The van der Waals surface area contributed by atoms with Crippen LogP contribution in [0.25, 0.3) is 32.0 Å². The Morgan fingerprint density at radius 2 is 1.97 bits per heavy atom. The first-order valence-electron chi connectivity index (χ1n) is 11.3. The summed E-state index contributed by atoms with van der Waals surface area (Å²) >= 11 is 3.13. The maximum atomic E-state index is 11.6. The summed E-state index contributed by atoms with van der Waals surface area (Å²) in [6.07, 6.45) is 0. The molecule has 10 heteroatoms. The number of benzene rings is 3. The van der Waals surface area contributed by atoms with E-state index in [9.17, 15) is 14.9 Å². The molecule has 3 aromatic carbocycles. The molecule has 0 unspecified atom stereocenters. The summed E-state index contributed by atoms with van der Waals surface area (Å²) in [4.78, 5) is 32.4. The number of oxime groups is 1. The van der Waals surface area contributed by atoms with Crippen molar-refractivity contribution in [1.82, 2.24) is 9.55 Å². The molecule has 0 fully saturated rings. The van der Waals surface area contributed by atoms with Gasteiger partial charge in [-0.2, -0.15) is 0 Å². The van der Waals surface area contributed by atoms with Gasteiger partial charge in [0.05, 0.1) is 20.9 Å². The highest BCUT2D eigenvalue weighted by Crippen LogP contribution is 2.36. The number of thiazole rings is 1. The van der Waals surface area contributed by atoms with Gasteiger partial charge in [-0.25, -0.2) is 9.78 Å². The zero-order chi connectivity index (χ0) is 25.4. The highest BCUT2D eigenvalue weighted by molar-refractivity contribution is 8.01. The predicted molar refractivity (Wildman–Crippen MR) is 145 cm³/mol. The molecule has 182 valence electrons. The summed E-state index contributed by atoms with van der Waals surface area (Å²) < 4.78 is 4.14. The lowest BCUT2D eigenvalue weighted by Gasteiger charge is -2.11. The van der Waals surface area contributed by atoms with Crippen LogP contribution in [-0.2, 0) is 16.2 Å². The molecule has 2 aromatic heterocycles. The monoisotopic (exact) mass is 518 g/mol. The van der Waals surface area contributed by atoms with Crippen LogP contribution in [0.15, 0.2) is 64.1 Å². The number of rotatable bonds is 7. The SMILES string of the molecule is CCn1c2ccc([N+](=O)[O-])cc2c2c(C)c(/C(CSc3nc4ccccc4s3)=N/OC(C)=O)ccc21. The Kier molecular flexibility index (Phi) is 6.46. The second-order valence-corrected chi connectivity index (χ2v) is 10.4. The number of aromatic nitrogens is 2. The summed E-state index contributed by atoms with van der Waals surface area (Å²) in [5.41, 5.74) is 5.23. The van der Waals surface area contributed by atoms with E-state index in [1.54, 1.807) is 23.5 Å². The number of non-ortho nitro benzene ring substituents is 1. The molecule has 0 bridgehead atoms. The van der Waals surface area contributed by atoms with Crippen molar-refractivity contribution >= 4 is 72.5 Å². The third kappa shape index (κ3) is 4.33. The van der Waals surface area contributed by atoms with Crippen LogP contribution < -0.4 is 0 Å². The number of para-hydroxylation sites is 1. The van der Waals surface area contributed by atoms with Crippen molar-refractivity contribution in [2.75, 3.05) is 5.75 Å². The second-order valence-electron chi connectivity index (χ2n) is 8.19. The predicted octanol–water partition coefficient (Wildman–Crippen LogP) is 6.70. The molecule has 0 spiro atoms. The quantitative estimate of drug-likeness (QED) is 0.0781. The number of fused-ring (bicyclic) bond motifs is 4. The molecule has 8 nitrogen and oxygen atoms in total. The summed E-state index contributed by atoms with van der Waals surface area (Å²) in [6, 6.07) is 16.9. The molecule has 0 aliphatic rings. The van der Waals surface area contributed by atoms with Crippen molar-refractivity contribution in [1.29, 1.82) is 0 Å². The zero-order valence-corrected chi connectivity index (χ0v) is 21.5. The van der Waals surface area contributed by atoms with Crippen LogP contribution >= 0.6 is 23.1 Å². The fourth-order valence-corrected chi connectivity index (χ4v) is 6.44. The van der Waals surface area contributed by atoms with E-state index in [-0.39, 0.29) is 10.6 Å². The molecule has 0 saturated heterocycles. The minimum atomic E-state index is -0.505. The minimum absolute atomic E-state index is 0.0441. The fraction of sp³-hybridized carbons (Fsp3) is 0.192. The summed E-state index contributed by atoms with van der Waals surface area (Å²) in [7, 11) is 0. The van der Waals surface area contributed by atoms with E-state index in [1.165, 1.54) is 24.8 Å². The number of nitro benzene ring substituents is 1. The van der Waals surface area contributed by atoms with E-state index in [0.717, 1.165) is 54.0 Å². The number of thioether (sulfide) groups is 1. The lowest BCUT2D eigenvalue weighted by atomic mass is 9.99. The number of nitrogens with zero attached hydrogens (tertiary/aromatic N) is 4. The second kappa shape index (κ2) is 9.71. The summed E-state index contributed by atoms with van der Waals surface area (Å²) in [5.74, 6) is -0.0686.